The predicted molar refractivity (Wildman–Crippen MR) is 91.4 cm³/mol. The van der Waals surface area contributed by atoms with Crippen LogP contribution in [0.5, 0.6) is 0 Å². The summed E-state index contributed by atoms with van der Waals surface area (Å²) in [5.74, 6) is 1.12. The fourth-order valence-electron chi connectivity index (χ4n) is 3.75. The third-order valence-electron chi connectivity index (χ3n) is 5.26. The third-order valence-corrected chi connectivity index (χ3v) is 5.26. The molecular weight excluding hydrogens is 272 g/mol. The van der Waals surface area contributed by atoms with Crippen molar-refractivity contribution in [3.8, 4) is 0 Å². The summed E-state index contributed by atoms with van der Waals surface area (Å²) in [5, 5.41) is 3.41. The van der Waals surface area contributed by atoms with Gasteiger partial charge in [-0.2, -0.15) is 0 Å². The molecule has 3 nitrogen and oxygen atoms in total. The minimum atomic E-state index is 0.381. The molecular formula is C19H30N2O. The maximum absolute atomic E-state index is 6.11. The van der Waals surface area contributed by atoms with E-state index in [2.05, 4.69) is 31.3 Å². The zero-order valence-corrected chi connectivity index (χ0v) is 14.2. The van der Waals surface area contributed by atoms with Crippen LogP contribution in [0.4, 0.5) is 5.82 Å². The molecule has 1 aromatic rings. The molecule has 3 heteroatoms. The Balaban J connectivity index is 1.38. The average Bonchev–Trinajstić information content (AvgIpc) is 2.85. The van der Waals surface area contributed by atoms with Crippen molar-refractivity contribution in [2.75, 3.05) is 18.5 Å². The van der Waals surface area contributed by atoms with Crippen LogP contribution in [-0.2, 0) is 17.6 Å². The quantitative estimate of drug-likeness (QED) is 0.793. The maximum Gasteiger partial charge on any atom is 0.129 e. The molecule has 3 rings (SSSR count). The van der Waals surface area contributed by atoms with Crippen LogP contribution in [-0.4, -0.2) is 24.2 Å². The average molecular weight is 302 g/mol. The number of pyridine rings is 1. The number of fused-ring (bicyclic) bond motifs is 1. The highest BCUT2D eigenvalue weighted by Gasteiger charge is 2.34. The Morgan fingerprint density at radius 2 is 2.18 bits per heavy atom. The Kier molecular flexibility index (Phi) is 5.02. The molecule has 1 aromatic heterocycles. The van der Waals surface area contributed by atoms with Crippen LogP contribution >= 0.6 is 0 Å². The second kappa shape index (κ2) is 6.99. The van der Waals surface area contributed by atoms with Gasteiger partial charge in [0.05, 0.1) is 6.10 Å². The van der Waals surface area contributed by atoms with Crippen LogP contribution in [0.2, 0.25) is 0 Å². The number of aromatic nitrogens is 1. The highest BCUT2D eigenvalue weighted by atomic mass is 16.5. The summed E-state index contributed by atoms with van der Waals surface area (Å²) in [4.78, 5) is 4.76. The molecule has 1 aliphatic carbocycles. The minimum Gasteiger partial charge on any atom is -0.378 e. The number of hydrogen-bond donors (Lipinski definition) is 1. The van der Waals surface area contributed by atoms with Crippen molar-refractivity contribution in [3.05, 3.63) is 23.4 Å². The van der Waals surface area contributed by atoms with Crippen LogP contribution in [0, 0.1) is 5.41 Å². The van der Waals surface area contributed by atoms with Gasteiger partial charge in [0.15, 0.2) is 0 Å². The molecule has 1 fully saturated rings. The molecule has 0 bridgehead atoms. The van der Waals surface area contributed by atoms with Crippen molar-refractivity contribution in [1.82, 2.24) is 4.98 Å². The van der Waals surface area contributed by atoms with Crippen LogP contribution in [0.3, 0.4) is 0 Å². The number of nitrogens with one attached hydrogen (secondary N) is 1. The van der Waals surface area contributed by atoms with Gasteiger partial charge in [0, 0.05) is 18.8 Å². The topological polar surface area (TPSA) is 34.1 Å². The van der Waals surface area contributed by atoms with Crippen molar-refractivity contribution in [2.45, 2.75) is 71.3 Å². The van der Waals surface area contributed by atoms with Crippen molar-refractivity contribution in [3.63, 3.8) is 0 Å². The van der Waals surface area contributed by atoms with E-state index in [4.69, 9.17) is 9.72 Å². The van der Waals surface area contributed by atoms with E-state index in [0.29, 0.717) is 11.5 Å². The summed E-state index contributed by atoms with van der Waals surface area (Å²) in [7, 11) is 0. The molecule has 1 saturated carbocycles. The molecule has 1 unspecified atom stereocenters. The van der Waals surface area contributed by atoms with Gasteiger partial charge in [-0.25, -0.2) is 4.98 Å². The molecule has 0 spiro atoms. The first kappa shape index (κ1) is 15.8. The molecule has 0 amide bonds. The van der Waals surface area contributed by atoms with E-state index in [1.54, 1.807) is 0 Å². The molecule has 2 heterocycles. The van der Waals surface area contributed by atoms with Crippen LogP contribution in [0.15, 0.2) is 12.1 Å². The van der Waals surface area contributed by atoms with Crippen LogP contribution < -0.4 is 5.32 Å². The van der Waals surface area contributed by atoms with Crippen molar-refractivity contribution in [2.24, 2.45) is 5.41 Å². The second-order valence-electron chi connectivity index (χ2n) is 7.54. The van der Waals surface area contributed by atoms with Crippen molar-refractivity contribution in [1.29, 1.82) is 0 Å². The van der Waals surface area contributed by atoms with Crippen molar-refractivity contribution >= 4 is 5.82 Å². The standard InChI is InChI=1S/C19H30N2O/c1-19(2)12-5-9-17(19)22-14-4-3-8-16-11-10-15-7-6-13-20-18(15)21-16/h10-11,17H,3-9,12-14H2,1-2H3,(H,20,21). The molecule has 1 aliphatic heterocycles. The summed E-state index contributed by atoms with van der Waals surface area (Å²) in [6.45, 7) is 6.65. The largest absolute Gasteiger partial charge is 0.378 e. The number of ether oxygens (including phenoxy) is 1. The lowest BCUT2D eigenvalue weighted by atomic mass is 9.89. The first-order chi connectivity index (χ1) is 10.6. The highest BCUT2D eigenvalue weighted by molar-refractivity contribution is 5.46. The van der Waals surface area contributed by atoms with Crippen LogP contribution in [0.25, 0.3) is 0 Å². The fourth-order valence-corrected chi connectivity index (χ4v) is 3.75. The first-order valence-corrected chi connectivity index (χ1v) is 8.99. The number of rotatable bonds is 6. The summed E-state index contributed by atoms with van der Waals surface area (Å²) >= 11 is 0. The van der Waals surface area contributed by atoms with E-state index >= 15 is 0 Å². The number of unbranched alkanes of at least 4 members (excludes halogenated alkanes) is 1. The molecule has 22 heavy (non-hydrogen) atoms. The summed E-state index contributed by atoms with van der Waals surface area (Å²) in [6.07, 6.45) is 10.1. The van der Waals surface area contributed by atoms with Gasteiger partial charge in [-0.15, -0.1) is 0 Å². The van der Waals surface area contributed by atoms with E-state index < -0.39 is 0 Å². The zero-order valence-electron chi connectivity index (χ0n) is 14.2. The SMILES string of the molecule is CC1(C)CCCC1OCCCCc1ccc2c(n1)NCCC2. The van der Waals surface area contributed by atoms with Gasteiger partial charge in [-0.05, 0) is 62.0 Å². The monoisotopic (exact) mass is 302 g/mol. The normalized spacial score (nSPS) is 23.1. The maximum atomic E-state index is 6.11. The highest BCUT2D eigenvalue weighted by Crippen LogP contribution is 2.39. The Hall–Kier alpha value is -1.09. The lowest BCUT2D eigenvalue weighted by molar-refractivity contribution is -0.00702. The summed E-state index contributed by atoms with van der Waals surface area (Å²) in [6, 6.07) is 4.45. The Labute approximate surface area is 134 Å². The molecule has 1 N–H and O–H groups in total. The van der Waals surface area contributed by atoms with Gasteiger partial charge in [-0.1, -0.05) is 26.3 Å². The molecule has 0 radical (unpaired) electrons. The zero-order chi connectivity index (χ0) is 15.4. The number of nitrogens with zero attached hydrogens (tertiary/aromatic N) is 1. The number of hydrogen-bond acceptors (Lipinski definition) is 3. The third kappa shape index (κ3) is 3.81. The molecule has 122 valence electrons. The van der Waals surface area contributed by atoms with Gasteiger partial charge in [0.25, 0.3) is 0 Å². The van der Waals surface area contributed by atoms with Gasteiger partial charge in [-0.3, -0.25) is 0 Å². The minimum absolute atomic E-state index is 0.381. The fraction of sp³-hybridized carbons (Fsp3) is 0.737. The smallest absolute Gasteiger partial charge is 0.129 e. The van der Waals surface area contributed by atoms with E-state index in [1.807, 2.05) is 0 Å². The summed E-state index contributed by atoms with van der Waals surface area (Å²) < 4.78 is 6.11. The lowest BCUT2D eigenvalue weighted by Crippen LogP contribution is -2.26. The second-order valence-corrected chi connectivity index (χ2v) is 7.54. The lowest BCUT2D eigenvalue weighted by Gasteiger charge is -2.27. The van der Waals surface area contributed by atoms with Gasteiger partial charge in [0.1, 0.15) is 5.82 Å². The number of anilines is 1. The number of aryl methyl sites for hydroxylation is 2. The van der Waals surface area contributed by atoms with Gasteiger partial charge < -0.3 is 10.1 Å². The Bertz CT molecular complexity index is 498. The van der Waals surface area contributed by atoms with Gasteiger partial charge in [0.2, 0.25) is 0 Å². The predicted octanol–water partition coefficient (Wildman–Crippen LogP) is 4.36. The Morgan fingerprint density at radius 3 is 3.00 bits per heavy atom. The van der Waals surface area contributed by atoms with Gasteiger partial charge >= 0.3 is 0 Å². The van der Waals surface area contributed by atoms with Crippen molar-refractivity contribution < 1.29 is 4.74 Å². The Morgan fingerprint density at radius 1 is 1.27 bits per heavy atom. The molecule has 0 aromatic carbocycles. The van der Waals surface area contributed by atoms with E-state index in [1.165, 1.54) is 49.8 Å². The molecule has 0 saturated heterocycles. The van der Waals surface area contributed by atoms with E-state index in [-0.39, 0.29) is 0 Å². The first-order valence-electron chi connectivity index (χ1n) is 8.99. The van der Waals surface area contributed by atoms with E-state index in [0.717, 1.165) is 31.8 Å². The van der Waals surface area contributed by atoms with E-state index in [9.17, 15) is 0 Å². The summed E-state index contributed by atoms with van der Waals surface area (Å²) in [5.41, 5.74) is 2.97. The molecule has 1 atom stereocenters. The van der Waals surface area contributed by atoms with Crippen LogP contribution in [0.1, 0.15) is 63.6 Å². The molecule has 2 aliphatic rings.